The number of hydrogen-bond donors (Lipinski definition) is 2. The van der Waals surface area contributed by atoms with E-state index in [2.05, 4.69) is 12.2 Å². The molecule has 3 unspecified atom stereocenters. The second kappa shape index (κ2) is 5.86. The molecule has 0 aromatic heterocycles. The van der Waals surface area contributed by atoms with Crippen LogP contribution in [0.15, 0.2) is 0 Å². The minimum Gasteiger partial charge on any atom is -0.389 e. The molecule has 2 heteroatoms. The Balaban J connectivity index is 2.14. The molecule has 0 spiro atoms. The van der Waals surface area contributed by atoms with Crippen LogP contribution in [0.1, 0.15) is 52.9 Å². The Hall–Kier alpha value is -0.0800. The van der Waals surface area contributed by atoms with Crippen molar-refractivity contribution < 1.29 is 5.11 Å². The van der Waals surface area contributed by atoms with Crippen LogP contribution in [0.5, 0.6) is 0 Å². The van der Waals surface area contributed by atoms with E-state index in [-0.39, 0.29) is 0 Å². The third-order valence-electron chi connectivity index (χ3n) is 3.75. The van der Waals surface area contributed by atoms with E-state index in [9.17, 15) is 5.11 Å². The maximum Gasteiger partial charge on any atom is 0.0740 e. The molecule has 1 aliphatic carbocycles. The minimum absolute atomic E-state index is 0.527. The first-order valence-corrected chi connectivity index (χ1v) is 6.46. The molecule has 0 aromatic rings. The number of aliphatic hydroxyl groups is 1. The molecule has 0 aliphatic heterocycles. The highest BCUT2D eigenvalue weighted by atomic mass is 16.3. The zero-order valence-electron chi connectivity index (χ0n) is 10.6. The standard InChI is InChI=1S/C13H27NO/c1-4-13(3,15)10-14-9-12-7-5-6-11(2)8-12/h11-12,14-15H,4-10H2,1-3H3. The lowest BCUT2D eigenvalue weighted by Gasteiger charge is -2.28. The monoisotopic (exact) mass is 213 g/mol. The largest absolute Gasteiger partial charge is 0.389 e. The molecule has 0 amide bonds. The van der Waals surface area contributed by atoms with Gasteiger partial charge >= 0.3 is 0 Å². The Kier molecular flexibility index (Phi) is 5.07. The van der Waals surface area contributed by atoms with E-state index in [4.69, 9.17) is 0 Å². The van der Waals surface area contributed by atoms with E-state index >= 15 is 0 Å². The number of rotatable bonds is 5. The molecule has 0 heterocycles. The smallest absolute Gasteiger partial charge is 0.0740 e. The van der Waals surface area contributed by atoms with E-state index in [1.165, 1.54) is 25.7 Å². The maximum absolute atomic E-state index is 9.84. The summed E-state index contributed by atoms with van der Waals surface area (Å²) in [5, 5.41) is 13.3. The summed E-state index contributed by atoms with van der Waals surface area (Å²) in [5.74, 6) is 1.73. The van der Waals surface area contributed by atoms with Gasteiger partial charge in [-0.05, 0) is 44.6 Å². The molecule has 2 N–H and O–H groups in total. The highest BCUT2D eigenvalue weighted by Gasteiger charge is 2.20. The molecule has 0 radical (unpaired) electrons. The van der Waals surface area contributed by atoms with Gasteiger partial charge in [0.1, 0.15) is 0 Å². The van der Waals surface area contributed by atoms with Crippen molar-refractivity contribution in [2.75, 3.05) is 13.1 Å². The first kappa shape index (κ1) is 13.0. The summed E-state index contributed by atoms with van der Waals surface area (Å²) >= 11 is 0. The predicted molar refractivity (Wildman–Crippen MR) is 64.9 cm³/mol. The second-order valence-corrected chi connectivity index (χ2v) is 5.62. The quantitative estimate of drug-likeness (QED) is 0.735. The lowest BCUT2D eigenvalue weighted by Crippen LogP contribution is -2.39. The molecular formula is C13H27NO. The van der Waals surface area contributed by atoms with Crippen LogP contribution in [0.2, 0.25) is 0 Å². The molecule has 0 aromatic carbocycles. The number of hydrogen-bond acceptors (Lipinski definition) is 2. The normalized spacial score (nSPS) is 31.2. The lowest BCUT2D eigenvalue weighted by molar-refractivity contribution is 0.0541. The molecule has 0 bridgehead atoms. The van der Waals surface area contributed by atoms with Gasteiger partial charge in [0, 0.05) is 6.54 Å². The van der Waals surface area contributed by atoms with E-state index in [1.54, 1.807) is 0 Å². The van der Waals surface area contributed by atoms with Crippen molar-refractivity contribution in [2.24, 2.45) is 11.8 Å². The summed E-state index contributed by atoms with van der Waals surface area (Å²) in [7, 11) is 0. The predicted octanol–water partition coefficient (Wildman–Crippen LogP) is 2.56. The molecule has 15 heavy (non-hydrogen) atoms. The lowest BCUT2D eigenvalue weighted by atomic mass is 9.82. The fraction of sp³-hybridized carbons (Fsp3) is 1.00. The van der Waals surface area contributed by atoms with Crippen molar-refractivity contribution in [3.05, 3.63) is 0 Å². The molecule has 1 fully saturated rings. The van der Waals surface area contributed by atoms with Gasteiger partial charge in [-0.25, -0.2) is 0 Å². The van der Waals surface area contributed by atoms with Gasteiger partial charge in [-0.15, -0.1) is 0 Å². The summed E-state index contributed by atoms with van der Waals surface area (Å²) in [6.07, 6.45) is 6.34. The summed E-state index contributed by atoms with van der Waals surface area (Å²) in [5.41, 5.74) is -0.527. The highest BCUT2D eigenvalue weighted by molar-refractivity contribution is 4.76. The van der Waals surface area contributed by atoms with Crippen LogP contribution in [0.4, 0.5) is 0 Å². The second-order valence-electron chi connectivity index (χ2n) is 5.62. The van der Waals surface area contributed by atoms with Crippen molar-refractivity contribution in [1.29, 1.82) is 0 Å². The van der Waals surface area contributed by atoms with Gasteiger partial charge < -0.3 is 10.4 Å². The zero-order chi connectivity index (χ0) is 11.3. The van der Waals surface area contributed by atoms with Crippen LogP contribution in [0, 0.1) is 11.8 Å². The average Bonchev–Trinajstić information content (AvgIpc) is 2.18. The average molecular weight is 213 g/mol. The zero-order valence-corrected chi connectivity index (χ0v) is 10.6. The molecule has 1 saturated carbocycles. The topological polar surface area (TPSA) is 32.3 Å². The third-order valence-corrected chi connectivity index (χ3v) is 3.75. The maximum atomic E-state index is 9.84. The van der Waals surface area contributed by atoms with Crippen molar-refractivity contribution in [3.8, 4) is 0 Å². The molecule has 2 nitrogen and oxygen atoms in total. The van der Waals surface area contributed by atoms with Crippen LogP contribution in [-0.4, -0.2) is 23.8 Å². The Morgan fingerprint density at radius 3 is 2.73 bits per heavy atom. The van der Waals surface area contributed by atoms with Crippen LogP contribution in [0.3, 0.4) is 0 Å². The Morgan fingerprint density at radius 1 is 1.40 bits per heavy atom. The van der Waals surface area contributed by atoms with Crippen LogP contribution < -0.4 is 5.32 Å². The first-order valence-electron chi connectivity index (χ1n) is 6.46. The van der Waals surface area contributed by atoms with Gasteiger partial charge in [-0.1, -0.05) is 26.7 Å². The fourth-order valence-electron chi connectivity index (χ4n) is 2.42. The van der Waals surface area contributed by atoms with Gasteiger partial charge in [0.25, 0.3) is 0 Å². The molecule has 90 valence electrons. The number of nitrogens with one attached hydrogen (secondary N) is 1. The Bertz CT molecular complexity index is 179. The molecule has 0 saturated heterocycles. The van der Waals surface area contributed by atoms with Gasteiger partial charge in [0.15, 0.2) is 0 Å². The van der Waals surface area contributed by atoms with E-state index < -0.39 is 5.60 Å². The van der Waals surface area contributed by atoms with Crippen LogP contribution in [-0.2, 0) is 0 Å². The van der Waals surface area contributed by atoms with Gasteiger partial charge in [-0.3, -0.25) is 0 Å². The Labute approximate surface area is 94.5 Å². The Morgan fingerprint density at radius 2 is 2.13 bits per heavy atom. The minimum atomic E-state index is -0.527. The molecule has 3 atom stereocenters. The van der Waals surface area contributed by atoms with Crippen LogP contribution >= 0.6 is 0 Å². The van der Waals surface area contributed by atoms with Gasteiger partial charge in [0.2, 0.25) is 0 Å². The molecular weight excluding hydrogens is 186 g/mol. The third kappa shape index (κ3) is 4.98. The van der Waals surface area contributed by atoms with Gasteiger partial charge in [-0.2, -0.15) is 0 Å². The first-order chi connectivity index (χ1) is 7.03. The van der Waals surface area contributed by atoms with E-state index in [0.29, 0.717) is 0 Å². The molecule has 1 rings (SSSR count). The van der Waals surface area contributed by atoms with E-state index in [1.807, 2.05) is 13.8 Å². The van der Waals surface area contributed by atoms with Crippen molar-refractivity contribution in [1.82, 2.24) is 5.32 Å². The van der Waals surface area contributed by atoms with Crippen molar-refractivity contribution in [2.45, 2.75) is 58.5 Å². The SMILES string of the molecule is CCC(C)(O)CNCC1CCCC(C)C1. The highest BCUT2D eigenvalue weighted by Crippen LogP contribution is 2.27. The summed E-state index contributed by atoms with van der Waals surface area (Å²) in [6, 6.07) is 0. The van der Waals surface area contributed by atoms with Gasteiger partial charge in [0.05, 0.1) is 5.60 Å². The molecule has 1 aliphatic rings. The summed E-state index contributed by atoms with van der Waals surface area (Å²) in [4.78, 5) is 0. The fourth-order valence-corrected chi connectivity index (χ4v) is 2.42. The summed E-state index contributed by atoms with van der Waals surface area (Å²) < 4.78 is 0. The van der Waals surface area contributed by atoms with E-state index in [0.717, 1.165) is 31.3 Å². The van der Waals surface area contributed by atoms with Crippen LogP contribution in [0.25, 0.3) is 0 Å². The van der Waals surface area contributed by atoms with Crippen molar-refractivity contribution in [3.63, 3.8) is 0 Å². The van der Waals surface area contributed by atoms with Crippen molar-refractivity contribution >= 4 is 0 Å². The summed E-state index contributed by atoms with van der Waals surface area (Å²) in [6.45, 7) is 8.11.